The Morgan fingerprint density at radius 3 is 3.00 bits per heavy atom. The van der Waals surface area contributed by atoms with Gasteiger partial charge in [0.1, 0.15) is 6.33 Å². The lowest BCUT2D eigenvalue weighted by Gasteiger charge is -2.09. The van der Waals surface area contributed by atoms with Crippen LogP contribution in [0.25, 0.3) is 0 Å². The van der Waals surface area contributed by atoms with Gasteiger partial charge in [-0.3, -0.25) is 4.79 Å². The zero-order chi connectivity index (χ0) is 12.1. The summed E-state index contributed by atoms with van der Waals surface area (Å²) in [6.07, 6.45) is 1.54. The molecule has 1 atom stereocenters. The molecule has 0 saturated carbocycles. The van der Waals surface area contributed by atoms with Gasteiger partial charge in [0.25, 0.3) is 0 Å². The van der Waals surface area contributed by atoms with E-state index in [9.17, 15) is 4.79 Å². The van der Waals surface area contributed by atoms with Crippen LogP contribution in [0.4, 0.5) is 0 Å². The largest absolute Gasteiger partial charge is 0.409 e. The van der Waals surface area contributed by atoms with E-state index in [1.54, 1.807) is 18.5 Å². The molecule has 8 nitrogen and oxygen atoms in total. The van der Waals surface area contributed by atoms with Crippen molar-refractivity contribution in [3.63, 3.8) is 0 Å². The zero-order valence-electron chi connectivity index (χ0n) is 9.08. The van der Waals surface area contributed by atoms with E-state index in [0.29, 0.717) is 5.82 Å². The second-order valence-corrected chi connectivity index (χ2v) is 3.32. The zero-order valence-corrected chi connectivity index (χ0v) is 9.08. The average molecular weight is 226 g/mol. The van der Waals surface area contributed by atoms with Crippen molar-refractivity contribution in [1.82, 2.24) is 20.1 Å². The molecule has 1 unspecified atom stereocenters. The highest BCUT2D eigenvalue weighted by molar-refractivity contribution is 6.01. The number of carbonyl (C=O) groups excluding carboxylic acids is 1. The van der Waals surface area contributed by atoms with Crippen LogP contribution in [0.3, 0.4) is 0 Å². The third-order valence-corrected chi connectivity index (χ3v) is 2.18. The SMILES string of the molecule is CC(C(=O)NCc1nncn1C)C(N)=NO. The number of rotatable bonds is 4. The second kappa shape index (κ2) is 5.10. The molecular formula is C8H14N6O2. The third kappa shape index (κ3) is 2.69. The standard InChI is InChI=1S/C8H14N6O2/c1-5(7(9)13-16)8(15)10-3-6-12-11-4-14(6)2/h4-5,16H,3H2,1-2H3,(H2,9,13)(H,10,15). The van der Waals surface area contributed by atoms with Crippen LogP contribution < -0.4 is 11.1 Å². The van der Waals surface area contributed by atoms with Crippen molar-refractivity contribution < 1.29 is 10.0 Å². The molecule has 1 heterocycles. The summed E-state index contributed by atoms with van der Waals surface area (Å²) in [5.74, 6) is -0.521. The summed E-state index contributed by atoms with van der Waals surface area (Å²) in [7, 11) is 1.77. The van der Waals surface area contributed by atoms with Gasteiger partial charge in [-0.05, 0) is 6.92 Å². The number of aromatic nitrogens is 3. The Morgan fingerprint density at radius 1 is 1.81 bits per heavy atom. The molecule has 0 aliphatic carbocycles. The van der Waals surface area contributed by atoms with Gasteiger partial charge in [0.15, 0.2) is 11.7 Å². The summed E-state index contributed by atoms with van der Waals surface area (Å²) in [5.41, 5.74) is 5.30. The first-order valence-electron chi connectivity index (χ1n) is 4.64. The van der Waals surface area contributed by atoms with E-state index < -0.39 is 5.92 Å². The van der Waals surface area contributed by atoms with Crippen molar-refractivity contribution in [2.24, 2.45) is 23.9 Å². The Hall–Kier alpha value is -2.12. The van der Waals surface area contributed by atoms with Gasteiger partial charge in [-0.1, -0.05) is 5.16 Å². The fourth-order valence-electron chi connectivity index (χ4n) is 1.01. The van der Waals surface area contributed by atoms with E-state index in [0.717, 1.165) is 0 Å². The van der Waals surface area contributed by atoms with Crippen molar-refractivity contribution in [2.75, 3.05) is 0 Å². The highest BCUT2D eigenvalue weighted by Crippen LogP contribution is 1.96. The van der Waals surface area contributed by atoms with E-state index in [1.165, 1.54) is 6.33 Å². The Bertz CT molecular complexity index is 399. The topological polar surface area (TPSA) is 118 Å². The minimum absolute atomic E-state index is 0.129. The molecule has 0 saturated heterocycles. The van der Waals surface area contributed by atoms with E-state index in [2.05, 4.69) is 20.7 Å². The quantitative estimate of drug-likeness (QED) is 0.258. The molecule has 88 valence electrons. The lowest BCUT2D eigenvalue weighted by atomic mass is 10.1. The van der Waals surface area contributed by atoms with Crippen LogP contribution in [0.2, 0.25) is 0 Å². The lowest BCUT2D eigenvalue weighted by Crippen LogP contribution is -2.37. The molecule has 4 N–H and O–H groups in total. The molecule has 0 aliphatic rings. The highest BCUT2D eigenvalue weighted by atomic mass is 16.4. The first kappa shape index (κ1) is 12.0. The minimum Gasteiger partial charge on any atom is -0.409 e. The summed E-state index contributed by atoms with van der Waals surface area (Å²) in [5, 5.41) is 21.3. The van der Waals surface area contributed by atoms with E-state index in [-0.39, 0.29) is 18.3 Å². The Morgan fingerprint density at radius 2 is 2.50 bits per heavy atom. The van der Waals surface area contributed by atoms with E-state index >= 15 is 0 Å². The Kier molecular flexibility index (Phi) is 3.81. The number of oxime groups is 1. The average Bonchev–Trinajstić information content (AvgIpc) is 2.69. The number of hydrogen-bond acceptors (Lipinski definition) is 5. The van der Waals surface area contributed by atoms with Crippen molar-refractivity contribution in [3.05, 3.63) is 12.2 Å². The molecule has 0 spiro atoms. The van der Waals surface area contributed by atoms with Crippen LogP contribution in [-0.4, -0.2) is 31.7 Å². The Balaban J connectivity index is 2.51. The highest BCUT2D eigenvalue weighted by Gasteiger charge is 2.17. The number of nitrogens with two attached hydrogens (primary N) is 1. The number of nitrogens with zero attached hydrogens (tertiary/aromatic N) is 4. The molecule has 1 aromatic heterocycles. The van der Waals surface area contributed by atoms with Crippen LogP contribution in [0.1, 0.15) is 12.7 Å². The summed E-state index contributed by atoms with van der Waals surface area (Å²) in [6, 6.07) is 0. The molecule has 0 bridgehead atoms. The second-order valence-electron chi connectivity index (χ2n) is 3.32. The lowest BCUT2D eigenvalue weighted by molar-refractivity contribution is -0.122. The molecule has 1 aromatic rings. The van der Waals surface area contributed by atoms with Crippen molar-refractivity contribution in [3.8, 4) is 0 Å². The summed E-state index contributed by atoms with van der Waals surface area (Å²) in [4.78, 5) is 11.5. The maximum absolute atomic E-state index is 11.5. The number of hydrogen-bond donors (Lipinski definition) is 3. The predicted octanol–water partition coefficient (Wildman–Crippen LogP) is -1.19. The van der Waals surface area contributed by atoms with Crippen LogP contribution in [0, 0.1) is 5.92 Å². The maximum Gasteiger partial charge on any atom is 0.230 e. The molecule has 1 amide bonds. The monoisotopic (exact) mass is 226 g/mol. The number of nitrogens with one attached hydrogen (secondary N) is 1. The van der Waals surface area contributed by atoms with Gasteiger partial charge in [-0.2, -0.15) is 0 Å². The summed E-state index contributed by atoms with van der Waals surface area (Å²) < 4.78 is 1.69. The molecule has 16 heavy (non-hydrogen) atoms. The fraction of sp³-hybridized carbons (Fsp3) is 0.500. The van der Waals surface area contributed by atoms with Crippen LogP contribution in [0.5, 0.6) is 0 Å². The molecule has 1 rings (SSSR count). The molecule has 0 fully saturated rings. The van der Waals surface area contributed by atoms with Gasteiger partial charge < -0.3 is 20.8 Å². The van der Waals surface area contributed by atoms with Crippen LogP contribution in [-0.2, 0) is 18.4 Å². The first-order valence-corrected chi connectivity index (χ1v) is 4.64. The number of amidine groups is 1. The smallest absolute Gasteiger partial charge is 0.230 e. The molecule has 8 heteroatoms. The van der Waals surface area contributed by atoms with Gasteiger partial charge >= 0.3 is 0 Å². The van der Waals surface area contributed by atoms with E-state index in [1.807, 2.05) is 0 Å². The van der Waals surface area contributed by atoms with Gasteiger partial charge in [-0.15, -0.1) is 10.2 Å². The van der Waals surface area contributed by atoms with E-state index in [4.69, 9.17) is 10.9 Å². The van der Waals surface area contributed by atoms with Crippen LogP contribution >= 0.6 is 0 Å². The minimum atomic E-state index is -0.682. The molecule has 0 aliphatic heterocycles. The number of aryl methyl sites for hydroxylation is 1. The van der Waals surface area contributed by atoms with Gasteiger partial charge in [0.2, 0.25) is 5.91 Å². The maximum atomic E-state index is 11.5. The molecule has 0 aromatic carbocycles. The Labute approximate surface area is 92.1 Å². The van der Waals surface area contributed by atoms with Gasteiger partial charge in [0, 0.05) is 7.05 Å². The van der Waals surface area contributed by atoms with Crippen LogP contribution in [0.15, 0.2) is 11.5 Å². The summed E-state index contributed by atoms with van der Waals surface area (Å²) >= 11 is 0. The first-order chi connectivity index (χ1) is 7.56. The molecular weight excluding hydrogens is 212 g/mol. The predicted molar refractivity (Wildman–Crippen MR) is 55.4 cm³/mol. The normalized spacial score (nSPS) is 13.5. The summed E-state index contributed by atoms with van der Waals surface area (Å²) in [6.45, 7) is 1.79. The van der Waals surface area contributed by atoms with Gasteiger partial charge in [0.05, 0.1) is 12.5 Å². The third-order valence-electron chi connectivity index (χ3n) is 2.18. The van der Waals surface area contributed by atoms with Gasteiger partial charge in [-0.25, -0.2) is 0 Å². The molecule has 0 radical (unpaired) electrons. The number of amides is 1. The van der Waals surface area contributed by atoms with Crippen molar-refractivity contribution >= 4 is 11.7 Å². The fourth-order valence-corrected chi connectivity index (χ4v) is 1.01. The van der Waals surface area contributed by atoms with Crippen molar-refractivity contribution in [1.29, 1.82) is 0 Å². The van der Waals surface area contributed by atoms with Crippen molar-refractivity contribution in [2.45, 2.75) is 13.5 Å². The number of carbonyl (C=O) groups is 1.